The molecule has 4 nitrogen and oxygen atoms in total. The van der Waals surface area contributed by atoms with Crippen LogP contribution in [0.3, 0.4) is 0 Å². The summed E-state index contributed by atoms with van der Waals surface area (Å²) in [7, 11) is 0. The van der Waals surface area contributed by atoms with E-state index < -0.39 is 11.9 Å². The van der Waals surface area contributed by atoms with E-state index in [1.807, 2.05) is 11.8 Å². The first kappa shape index (κ1) is 16.0. The lowest BCUT2D eigenvalue weighted by Crippen LogP contribution is -2.50. The molecule has 1 fully saturated rings. The first-order valence-corrected chi connectivity index (χ1v) is 7.41. The Morgan fingerprint density at radius 2 is 1.95 bits per heavy atom. The van der Waals surface area contributed by atoms with E-state index >= 15 is 0 Å². The van der Waals surface area contributed by atoms with E-state index in [1.54, 1.807) is 0 Å². The predicted octanol–water partition coefficient (Wildman–Crippen LogP) is 2.77. The highest BCUT2D eigenvalue weighted by Crippen LogP contribution is 2.27. The number of rotatable bonds is 5. The average molecular weight is 269 g/mol. The Morgan fingerprint density at radius 3 is 2.42 bits per heavy atom. The summed E-state index contributed by atoms with van der Waals surface area (Å²) in [5, 5.41) is 9.14. The second-order valence-electron chi connectivity index (χ2n) is 6.09. The van der Waals surface area contributed by atoms with Gasteiger partial charge >= 0.3 is 5.97 Å². The van der Waals surface area contributed by atoms with Crippen molar-refractivity contribution in [3.8, 4) is 0 Å². The Kier molecular flexibility index (Phi) is 5.83. The molecule has 4 heteroatoms. The molecule has 0 aromatic carbocycles. The summed E-state index contributed by atoms with van der Waals surface area (Å²) >= 11 is 0. The highest BCUT2D eigenvalue weighted by Gasteiger charge is 2.35. The van der Waals surface area contributed by atoms with E-state index in [0.717, 1.165) is 19.3 Å². The normalized spacial score (nSPS) is 25.4. The van der Waals surface area contributed by atoms with Crippen LogP contribution in [-0.2, 0) is 9.59 Å². The second kappa shape index (κ2) is 6.92. The third kappa shape index (κ3) is 3.95. The quantitative estimate of drug-likeness (QED) is 0.835. The molecule has 1 aliphatic heterocycles. The van der Waals surface area contributed by atoms with Gasteiger partial charge in [0, 0.05) is 18.5 Å². The molecule has 1 heterocycles. The lowest BCUT2D eigenvalue weighted by atomic mass is 9.87. The number of carboxylic acid groups (broad SMARTS) is 1. The van der Waals surface area contributed by atoms with Crippen LogP contribution in [0.15, 0.2) is 0 Å². The van der Waals surface area contributed by atoms with Crippen molar-refractivity contribution in [2.45, 2.75) is 59.4 Å². The van der Waals surface area contributed by atoms with Crippen LogP contribution in [0, 0.1) is 17.8 Å². The van der Waals surface area contributed by atoms with E-state index in [9.17, 15) is 9.59 Å². The molecule has 110 valence electrons. The maximum absolute atomic E-state index is 12.6. The Hall–Kier alpha value is -1.06. The summed E-state index contributed by atoms with van der Waals surface area (Å²) in [5.41, 5.74) is 0. The van der Waals surface area contributed by atoms with Crippen molar-refractivity contribution in [2.75, 3.05) is 6.54 Å². The molecule has 0 aliphatic carbocycles. The Bertz CT molecular complexity index is 327. The number of carboxylic acids is 1. The molecular weight excluding hydrogens is 242 g/mol. The molecule has 1 rings (SSSR count). The number of likely N-dealkylation sites (tertiary alicyclic amines) is 1. The minimum Gasteiger partial charge on any atom is -0.481 e. The fraction of sp³-hybridized carbons (Fsp3) is 0.867. The highest BCUT2D eigenvalue weighted by atomic mass is 16.4. The summed E-state index contributed by atoms with van der Waals surface area (Å²) in [6.45, 7) is 8.63. The van der Waals surface area contributed by atoms with E-state index in [1.165, 1.54) is 0 Å². The zero-order valence-electron chi connectivity index (χ0n) is 12.6. The summed E-state index contributed by atoms with van der Waals surface area (Å²) < 4.78 is 0. The van der Waals surface area contributed by atoms with Crippen LogP contribution in [0.5, 0.6) is 0 Å². The van der Waals surface area contributed by atoms with E-state index in [4.69, 9.17) is 5.11 Å². The van der Waals surface area contributed by atoms with Crippen molar-refractivity contribution < 1.29 is 14.7 Å². The number of carbonyl (C=O) groups is 2. The van der Waals surface area contributed by atoms with Crippen LogP contribution in [0.2, 0.25) is 0 Å². The van der Waals surface area contributed by atoms with Gasteiger partial charge in [0.25, 0.3) is 0 Å². The number of hydrogen-bond acceptors (Lipinski definition) is 2. The van der Waals surface area contributed by atoms with Crippen LogP contribution in [0.1, 0.15) is 53.4 Å². The predicted molar refractivity (Wildman–Crippen MR) is 74.8 cm³/mol. The molecule has 0 bridgehead atoms. The highest BCUT2D eigenvalue weighted by molar-refractivity contribution is 5.80. The number of nitrogens with zero attached hydrogens (tertiary/aromatic N) is 1. The maximum Gasteiger partial charge on any atom is 0.308 e. The van der Waals surface area contributed by atoms with Gasteiger partial charge in [0.05, 0.1) is 5.92 Å². The van der Waals surface area contributed by atoms with Crippen LogP contribution in [-0.4, -0.2) is 34.5 Å². The lowest BCUT2D eigenvalue weighted by molar-refractivity contribution is -0.149. The van der Waals surface area contributed by atoms with Gasteiger partial charge in [0.2, 0.25) is 5.91 Å². The molecule has 1 amide bonds. The standard InChI is InChI=1S/C15H27NO3/c1-5-6-13(10(2)3)14(17)16-9-12(15(18)19)8-7-11(16)4/h10-13H,5-9H2,1-4H3,(H,18,19). The topological polar surface area (TPSA) is 57.6 Å². The lowest BCUT2D eigenvalue weighted by Gasteiger charge is -2.39. The zero-order valence-corrected chi connectivity index (χ0v) is 12.6. The van der Waals surface area contributed by atoms with Crippen LogP contribution >= 0.6 is 0 Å². The molecule has 0 spiro atoms. The zero-order chi connectivity index (χ0) is 14.6. The number of hydrogen-bond donors (Lipinski definition) is 1. The van der Waals surface area contributed by atoms with Gasteiger partial charge in [-0.2, -0.15) is 0 Å². The second-order valence-corrected chi connectivity index (χ2v) is 6.09. The Morgan fingerprint density at radius 1 is 1.32 bits per heavy atom. The number of carbonyl (C=O) groups excluding carboxylic acids is 1. The smallest absolute Gasteiger partial charge is 0.308 e. The summed E-state index contributed by atoms with van der Waals surface area (Å²) in [4.78, 5) is 25.6. The third-order valence-electron chi connectivity index (χ3n) is 4.24. The third-order valence-corrected chi connectivity index (χ3v) is 4.24. The van der Waals surface area contributed by atoms with Gasteiger partial charge in [-0.05, 0) is 32.1 Å². The number of amides is 1. The molecule has 0 aromatic rings. The number of piperidine rings is 1. The van der Waals surface area contributed by atoms with Crippen LogP contribution < -0.4 is 0 Å². The van der Waals surface area contributed by atoms with Crippen molar-refractivity contribution in [3.63, 3.8) is 0 Å². The van der Waals surface area contributed by atoms with Gasteiger partial charge in [-0.1, -0.05) is 27.2 Å². The Balaban J connectivity index is 2.79. The fourth-order valence-electron chi connectivity index (χ4n) is 2.88. The molecule has 0 aromatic heterocycles. The molecule has 3 unspecified atom stereocenters. The van der Waals surface area contributed by atoms with Gasteiger partial charge in [0.1, 0.15) is 0 Å². The largest absolute Gasteiger partial charge is 0.481 e. The molecule has 1 aliphatic rings. The molecule has 3 atom stereocenters. The summed E-state index contributed by atoms with van der Waals surface area (Å²) in [6, 6.07) is 0.168. The van der Waals surface area contributed by atoms with Crippen molar-refractivity contribution in [2.24, 2.45) is 17.8 Å². The first-order valence-electron chi connectivity index (χ1n) is 7.41. The molecule has 1 N–H and O–H groups in total. The number of aliphatic carboxylic acids is 1. The minimum absolute atomic E-state index is 0.0278. The van der Waals surface area contributed by atoms with Crippen molar-refractivity contribution in [1.82, 2.24) is 4.90 Å². The molecule has 0 saturated carbocycles. The van der Waals surface area contributed by atoms with E-state index in [2.05, 4.69) is 20.8 Å². The first-order chi connectivity index (χ1) is 8.88. The SMILES string of the molecule is CCCC(C(=O)N1CC(C(=O)O)CCC1C)C(C)C. The average Bonchev–Trinajstić information content (AvgIpc) is 2.35. The van der Waals surface area contributed by atoms with Crippen molar-refractivity contribution in [3.05, 3.63) is 0 Å². The van der Waals surface area contributed by atoms with Crippen LogP contribution in [0.25, 0.3) is 0 Å². The van der Waals surface area contributed by atoms with Crippen LogP contribution in [0.4, 0.5) is 0 Å². The summed E-state index contributed by atoms with van der Waals surface area (Å²) in [6.07, 6.45) is 3.34. The van der Waals surface area contributed by atoms with Gasteiger partial charge in [0.15, 0.2) is 0 Å². The van der Waals surface area contributed by atoms with Gasteiger partial charge in [-0.15, -0.1) is 0 Å². The summed E-state index contributed by atoms with van der Waals surface area (Å²) in [5.74, 6) is -0.684. The molecule has 1 saturated heterocycles. The monoisotopic (exact) mass is 269 g/mol. The maximum atomic E-state index is 12.6. The molecule has 19 heavy (non-hydrogen) atoms. The fourth-order valence-corrected chi connectivity index (χ4v) is 2.88. The minimum atomic E-state index is -0.777. The van der Waals surface area contributed by atoms with Gasteiger partial charge < -0.3 is 10.0 Å². The molecular formula is C15H27NO3. The van der Waals surface area contributed by atoms with Crippen molar-refractivity contribution in [1.29, 1.82) is 0 Å². The molecule has 0 radical (unpaired) electrons. The van der Waals surface area contributed by atoms with Gasteiger partial charge in [-0.3, -0.25) is 9.59 Å². The van der Waals surface area contributed by atoms with E-state index in [-0.39, 0.29) is 17.9 Å². The van der Waals surface area contributed by atoms with E-state index in [0.29, 0.717) is 18.9 Å². The van der Waals surface area contributed by atoms with Gasteiger partial charge in [-0.25, -0.2) is 0 Å². The van der Waals surface area contributed by atoms with Crippen molar-refractivity contribution >= 4 is 11.9 Å². The Labute approximate surface area is 116 Å².